The summed E-state index contributed by atoms with van der Waals surface area (Å²) in [5.41, 5.74) is 1.38. The first-order valence-corrected chi connectivity index (χ1v) is 7.31. The molecule has 0 saturated heterocycles. The quantitative estimate of drug-likeness (QED) is 0.756. The highest BCUT2D eigenvalue weighted by Crippen LogP contribution is 2.34. The van der Waals surface area contributed by atoms with E-state index in [1.54, 1.807) is 29.8 Å². The van der Waals surface area contributed by atoms with Gasteiger partial charge >= 0.3 is 0 Å². The zero-order chi connectivity index (χ0) is 10.7. The van der Waals surface area contributed by atoms with Gasteiger partial charge in [-0.2, -0.15) is 11.3 Å². The van der Waals surface area contributed by atoms with Crippen LogP contribution >= 0.6 is 38.6 Å². The van der Waals surface area contributed by atoms with Crippen molar-refractivity contribution in [2.45, 2.75) is 11.2 Å². The van der Waals surface area contributed by atoms with Gasteiger partial charge in [0.15, 0.2) is 0 Å². The van der Waals surface area contributed by atoms with Crippen LogP contribution < -0.4 is 4.74 Å². The fourth-order valence-electron chi connectivity index (χ4n) is 1.32. The Kier molecular flexibility index (Phi) is 3.83. The van der Waals surface area contributed by atoms with Crippen molar-refractivity contribution in [1.82, 2.24) is 0 Å². The molecule has 2 rings (SSSR count). The topological polar surface area (TPSA) is 9.23 Å². The Hall–Kier alpha value is -0.320. The van der Waals surface area contributed by atoms with Crippen molar-refractivity contribution in [3.63, 3.8) is 0 Å². The molecule has 0 amide bonds. The van der Waals surface area contributed by atoms with Crippen molar-refractivity contribution in [2.75, 3.05) is 7.11 Å². The normalized spacial score (nSPS) is 12.7. The average Bonchev–Trinajstić information content (AvgIpc) is 2.86. The van der Waals surface area contributed by atoms with Crippen LogP contribution in [-0.2, 0) is 6.42 Å². The molecule has 0 aliphatic heterocycles. The summed E-state index contributed by atoms with van der Waals surface area (Å²) >= 11 is 7.19. The van der Waals surface area contributed by atoms with Crippen LogP contribution in [0.4, 0.5) is 0 Å². The van der Waals surface area contributed by atoms with E-state index in [0.29, 0.717) is 4.83 Å². The molecule has 0 aromatic carbocycles. The monoisotopic (exact) mass is 302 g/mol. The van der Waals surface area contributed by atoms with Crippen molar-refractivity contribution < 1.29 is 4.74 Å². The molecule has 0 bridgehead atoms. The second kappa shape index (κ2) is 5.14. The summed E-state index contributed by atoms with van der Waals surface area (Å²) in [5, 5.41) is 6.35. The van der Waals surface area contributed by atoms with E-state index in [0.717, 1.165) is 12.2 Å². The summed E-state index contributed by atoms with van der Waals surface area (Å²) in [6, 6.07) is 4.26. The fraction of sp³-hybridized carbons (Fsp3) is 0.273. The van der Waals surface area contributed by atoms with Gasteiger partial charge in [-0.1, -0.05) is 15.9 Å². The van der Waals surface area contributed by atoms with E-state index in [2.05, 4.69) is 38.8 Å². The maximum Gasteiger partial charge on any atom is 0.129 e. The Labute approximate surface area is 106 Å². The van der Waals surface area contributed by atoms with E-state index in [1.165, 1.54) is 10.4 Å². The molecule has 1 nitrogen and oxygen atoms in total. The van der Waals surface area contributed by atoms with E-state index in [-0.39, 0.29) is 0 Å². The fourth-order valence-corrected chi connectivity index (χ4v) is 3.66. The van der Waals surface area contributed by atoms with Crippen LogP contribution in [0.25, 0.3) is 0 Å². The third kappa shape index (κ3) is 2.83. The van der Waals surface area contributed by atoms with Crippen molar-refractivity contribution >= 4 is 38.6 Å². The minimum Gasteiger partial charge on any atom is -0.496 e. The van der Waals surface area contributed by atoms with Crippen LogP contribution in [0.5, 0.6) is 5.75 Å². The Bertz CT molecular complexity index is 408. The molecule has 2 aromatic rings. The zero-order valence-corrected chi connectivity index (χ0v) is 11.5. The Morgan fingerprint density at radius 1 is 1.47 bits per heavy atom. The molecule has 80 valence electrons. The maximum absolute atomic E-state index is 5.17. The molecule has 0 saturated carbocycles. The molecule has 0 spiro atoms. The second-order valence-electron chi connectivity index (χ2n) is 3.19. The maximum atomic E-state index is 5.17. The second-order valence-corrected chi connectivity index (χ2v) is 6.02. The van der Waals surface area contributed by atoms with Gasteiger partial charge in [-0.25, -0.2) is 0 Å². The molecular weight excluding hydrogens is 292 g/mol. The number of hydrogen-bond acceptors (Lipinski definition) is 3. The lowest BCUT2D eigenvalue weighted by molar-refractivity contribution is 0.416. The molecule has 2 aromatic heterocycles. The summed E-state index contributed by atoms with van der Waals surface area (Å²) in [6.45, 7) is 0. The number of ether oxygens (including phenoxy) is 1. The van der Waals surface area contributed by atoms with Gasteiger partial charge in [0.25, 0.3) is 0 Å². The summed E-state index contributed by atoms with van der Waals surface area (Å²) in [4.78, 5) is 1.71. The van der Waals surface area contributed by atoms with Gasteiger partial charge in [-0.05, 0) is 34.9 Å². The van der Waals surface area contributed by atoms with Crippen LogP contribution in [0.15, 0.2) is 28.3 Å². The molecule has 1 atom stereocenters. The van der Waals surface area contributed by atoms with Crippen molar-refractivity contribution in [3.8, 4) is 5.75 Å². The zero-order valence-electron chi connectivity index (χ0n) is 8.27. The van der Waals surface area contributed by atoms with Gasteiger partial charge in [0.1, 0.15) is 5.75 Å². The molecule has 0 radical (unpaired) electrons. The average molecular weight is 303 g/mol. The smallest absolute Gasteiger partial charge is 0.129 e. The largest absolute Gasteiger partial charge is 0.496 e. The van der Waals surface area contributed by atoms with Crippen LogP contribution in [0.1, 0.15) is 15.3 Å². The van der Waals surface area contributed by atoms with Crippen molar-refractivity contribution in [3.05, 3.63) is 38.7 Å². The van der Waals surface area contributed by atoms with E-state index < -0.39 is 0 Å². The molecule has 0 aliphatic rings. The number of alkyl halides is 1. The molecule has 4 heteroatoms. The van der Waals surface area contributed by atoms with Crippen molar-refractivity contribution in [2.24, 2.45) is 0 Å². The Morgan fingerprint density at radius 3 is 2.93 bits per heavy atom. The Morgan fingerprint density at radius 2 is 2.33 bits per heavy atom. The first kappa shape index (κ1) is 11.2. The van der Waals surface area contributed by atoms with Gasteiger partial charge in [0.2, 0.25) is 0 Å². The van der Waals surface area contributed by atoms with E-state index in [4.69, 9.17) is 4.74 Å². The van der Waals surface area contributed by atoms with Crippen LogP contribution in [0, 0.1) is 0 Å². The number of halogens is 1. The third-order valence-corrected chi connectivity index (χ3v) is 5.01. The molecule has 0 fully saturated rings. The molecule has 15 heavy (non-hydrogen) atoms. The van der Waals surface area contributed by atoms with Gasteiger partial charge in [0, 0.05) is 10.3 Å². The first-order chi connectivity index (χ1) is 7.29. The first-order valence-electron chi connectivity index (χ1n) is 4.57. The molecule has 0 aliphatic carbocycles. The highest BCUT2D eigenvalue weighted by Gasteiger charge is 2.11. The van der Waals surface area contributed by atoms with Crippen LogP contribution in [0.2, 0.25) is 0 Å². The van der Waals surface area contributed by atoms with E-state index >= 15 is 0 Å². The number of rotatable bonds is 4. The molecular formula is C11H11BrOS2. The van der Waals surface area contributed by atoms with Gasteiger partial charge in [-0.15, -0.1) is 11.3 Å². The number of hydrogen-bond donors (Lipinski definition) is 0. The number of methoxy groups -OCH3 is 1. The van der Waals surface area contributed by atoms with Gasteiger partial charge < -0.3 is 4.74 Å². The number of thiophene rings is 2. The minimum absolute atomic E-state index is 0.390. The molecule has 0 N–H and O–H groups in total. The minimum atomic E-state index is 0.390. The SMILES string of the molecule is COc1csc(C(Br)Cc2ccsc2)c1. The van der Waals surface area contributed by atoms with Crippen LogP contribution in [0.3, 0.4) is 0 Å². The standard InChI is InChI=1S/C11H11BrOS2/c1-13-9-5-11(15-7-9)10(12)4-8-2-3-14-6-8/h2-3,5-7,10H,4H2,1H3. The van der Waals surface area contributed by atoms with E-state index in [9.17, 15) is 0 Å². The predicted molar refractivity (Wildman–Crippen MR) is 70.6 cm³/mol. The molecule has 1 unspecified atom stereocenters. The lowest BCUT2D eigenvalue weighted by Gasteiger charge is -2.05. The van der Waals surface area contributed by atoms with E-state index in [1.807, 2.05) is 5.38 Å². The highest BCUT2D eigenvalue weighted by molar-refractivity contribution is 9.09. The summed E-state index contributed by atoms with van der Waals surface area (Å²) in [7, 11) is 1.70. The predicted octanol–water partition coefficient (Wildman–Crippen LogP) is 4.50. The molecule has 2 heterocycles. The Balaban J connectivity index is 2.04. The van der Waals surface area contributed by atoms with Crippen LogP contribution in [-0.4, -0.2) is 7.11 Å². The summed E-state index contributed by atoms with van der Waals surface area (Å²) in [6.07, 6.45) is 1.03. The van der Waals surface area contributed by atoms with Gasteiger partial charge in [-0.3, -0.25) is 0 Å². The third-order valence-electron chi connectivity index (χ3n) is 2.14. The summed E-state index contributed by atoms with van der Waals surface area (Å²) in [5.74, 6) is 0.949. The summed E-state index contributed by atoms with van der Waals surface area (Å²) < 4.78 is 5.17. The van der Waals surface area contributed by atoms with Gasteiger partial charge in [0.05, 0.1) is 11.9 Å². The lowest BCUT2D eigenvalue weighted by atomic mass is 10.2. The van der Waals surface area contributed by atoms with Crippen molar-refractivity contribution in [1.29, 1.82) is 0 Å². The lowest BCUT2D eigenvalue weighted by Crippen LogP contribution is -1.90. The highest BCUT2D eigenvalue weighted by atomic mass is 79.9.